The molecule has 5 heteroatoms. The number of aromatic nitrogens is 1. The van der Waals surface area contributed by atoms with E-state index < -0.39 is 11.5 Å². The minimum Gasteiger partial charge on any atom is -0.316 e. The monoisotopic (exact) mass is 204 g/mol. The van der Waals surface area contributed by atoms with Gasteiger partial charge in [0.25, 0.3) is 5.92 Å². The summed E-state index contributed by atoms with van der Waals surface area (Å²) in [5, 5.41) is 0.196. The van der Waals surface area contributed by atoms with Crippen LogP contribution in [0.25, 0.3) is 0 Å². The van der Waals surface area contributed by atoms with Gasteiger partial charge in [-0.1, -0.05) is 11.6 Å². The maximum Gasteiger partial charge on any atom is 0.272 e. The van der Waals surface area contributed by atoms with Crippen LogP contribution < -0.4 is 5.73 Å². The molecule has 2 nitrogen and oxygen atoms in total. The second kappa shape index (κ2) is 2.39. The quantitative estimate of drug-likeness (QED) is 0.759. The van der Waals surface area contributed by atoms with Crippen molar-refractivity contribution < 1.29 is 8.78 Å². The van der Waals surface area contributed by atoms with Gasteiger partial charge in [0.05, 0.1) is 5.02 Å². The molecular formula is C8H7ClF2N2. The number of nitrogens with zero attached hydrogens (tertiary/aromatic N) is 1. The molecule has 1 unspecified atom stereocenters. The van der Waals surface area contributed by atoms with Gasteiger partial charge in [0.1, 0.15) is 5.54 Å². The molecule has 1 aliphatic rings. The molecule has 70 valence electrons. The summed E-state index contributed by atoms with van der Waals surface area (Å²) in [7, 11) is 0. The highest BCUT2D eigenvalue weighted by Crippen LogP contribution is 2.58. The number of nitrogens with two attached hydrogens (primary N) is 1. The Kier molecular flexibility index (Phi) is 1.63. The van der Waals surface area contributed by atoms with Crippen molar-refractivity contribution >= 4 is 11.6 Å². The Hall–Kier alpha value is -0.740. The van der Waals surface area contributed by atoms with Crippen molar-refractivity contribution in [2.24, 2.45) is 5.73 Å². The molecule has 2 N–H and O–H groups in total. The zero-order chi connectivity index (χ0) is 9.69. The van der Waals surface area contributed by atoms with Gasteiger partial charge in [-0.15, -0.1) is 0 Å². The van der Waals surface area contributed by atoms with Gasteiger partial charge < -0.3 is 5.73 Å². The average molecular weight is 205 g/mol. The van der Waals surface area contributed by atoms with Crippen molar-refractivity contribution in [3.05, 3.63) is 29.0 Å². The minimum absolute atomic E-state index is 0.196. The van der Waals surface area contributed by atoms with E-state index in [-0.39, 0.29) is 17.0 Å². The zero-order valence-electron chi connectivity index (χ0n) is 6.60. The van der Waals surface area contributed by atoms with Crippen molar-refractivity contribution in [3.63, 3.8) is 0 Å². The first-order chi connectivity index (χ1) is 5.97. The van der Waals surface area contributed by atoms with Gasteiger partial charge in [0, 0.05) is 18.8 Å². The summed E-state index contributed by atoms with van der Waals surface area (Å²) in [4.78, 5) is 3.70. The van der Waals surface area contributed by atoms with Gasteiger partial charge in [0.2, 0.25) is 0 Å². The number of alkyl halides is 2. The van der Waals surface area contributed by atoms with Crippen LogP contribution in [0.3, 0.4) is 0 Å². The molecule has 1 saturated carbocycles. The van der Waals surface area contributed by atoms with Crippen molar-refractivity contribution in [2.75, 3.05) is 0 Å². The Balaban J connectivity index is 2.44. The number of hydrogen-bond acceptors (Lipinski definition) is 2. The highest BCUT2D eigenvalue weighted by Gasteiger charge is 2.70. The molecule has 1 fully saturated rings. The fourth-order valence-electron chi connectivity index (χ4n) is 1.34. The molecule has 1 aromatic heterocycles. The van der Waals surface area contributed by atoms with Gasteiger partial charge in [-0.2, -0.15) is 0 Å². The molecule has 0 bridgehead atoms. The zero-order valence-corrected chi connectivity index (χ0v) is 7.35. The largest absolute Gasteiger partial charge is 0.316 e. The molecule has 13 heavy (non-hydrogen) atoms. The van der Waals surface area contributed by atoms with Crippen LogP contribution in [0.5, 0.6) is 0 Å². The van der Waals surface area contributed by atoms with Crippen LogP contribution in [0.2, 0.25) is 5.02 Å². The first-order valence-corrected chi connectivity index (χ1v) is 4.12. The molecule has 0 spiro atoms. The lowest BCUT2D eigenvalue weighted by atomic mass is 10.1. The summed E-state index contributed by atoms with van der Waals surface area (Å²) >= 11 is 5.70. The van der Waals surface area contributed by atoms with Gasteiger partial charge >= 0.3 is 0 Å². The molecule has 0 aliphatic heterocycles. The molecule has 1 heterocycles. The van der Waals surface area contributed by atoms with Crippen LogP contribution in [0.4, 0.5) is 8.78 Å². The Labute approximate surface area is 78.7 Å². The Morgan fingerprint density at radius 3 is 2.62 bits per heavy atom. The Bertz CT molecular complexity index is 356. The van der Waals surface area contributed by atoms with E-state index in [0.717, 1.165) is 0 Å². The maximum atomic E-state index is 12.8. The van der Waals surface area contributed by atoms with E-state index in [1.54, 1.807) is 0 Å². The summed E-state index contributed by atoms with van der Waals surface area (Å²) in [6.45, 7) is 0. The fraction of sp³-hybridized carbons (Fsp3) is 0.375. The summed E-state index contributed by atoms with van der Waals surface area (Å²) in [6, 6.07) is 1.43. The molecule has 0 amide bonds. The molecule has 0 radical (unpaired) electrons. The molecular weight excluding hydrogens is 198 g/mol. The normalized spacial score (nSPS) is 30.2. The van der Waals surface area contributed by atoms with Crippen molar-refractivity contribution in [3.8, 4) is 0 Å². The number of hydrogen-bond donors (Lipinski definition) is 1. The van der Waals surface area contributed by atoms with E-state index in [4.69, 9.17) is 17.3 Å². The number of halogens is 3. The highest BCUT2D eigenvalue weighted by molar-refractivity contribution is 6.31. The molecule has 0 saturated heterocycles. The Morgan fingerprint density at radius 1 is 1.54 bits per heavy atom. The van der Waals surface area contributed by atoms with Crippen molar-refractivity contribution in [2.45, 2.75) is 17.9 Å². The summed E-state index contributed by atoms with van der Waals surface area (Å²) in [5.74, 6) is -2.84. The first kappa shape index (κ1) is 8.84. The lowest BCUT2D eigenvalue weighted by Crippen LogP contribution is -2.27. The van der Waals surface area contributed by atoms with Crippen molar-refractivity contribution in [1.29, 1.82) is 0 Å². The SMILES string of the molecule is NC1(c2ccncc2Cl)CC1(F)F. The van der Waals surface area contributed by atoms with E-state index >= 15 is 0 Å². The van der Waals surface area contributed by atoms with Crippen LogP contribution in [-0.4, -0.2) is 10.9 Å². The summed E-state index contributed by atoms with van der Waals surface area (Å²) in [6.07, 6.45) is 2.38. The van der Waals surface area contributed by atoms with E-state index in [9.17, 15) is 8.78 Å². The van der Waals surface area contributed by atoms with Gasteiger partial charge in [-0.3, -0.25) is 4.98 Å². The number of rotatable bonds is 1. The highest BCUT2D eigenvalue weighted by atomic mass is 35.5. The van der Waals surface area contributed by atoms with Gasteiger partial charge in [-0.05, 0) is 11.6 Å². The lowest BCUT2D eigenvalue weighted by molar-refractivity contribution is 0.0891. The second-order valence-electron chi connectivity index (χ2n) is 3.21. The van der Waals surface area contributed by atoms with Crippen LogP contribution in [-0.2, 0) is 5.54 Å². The van der Waals surface area contributed by atoms with E-state index in [0.29, 0.717) is 0 Å². The molecule has 1 atom stereocenters. The molecule has 2 rings (SSSR count). The molecule has 1 aromatic rings. The fourth-order valence-corrected chi connectivity index (χ4v) is 1.62. The smallest absolute Gasteiger partial charge is 0.272 e. The third-order valence-corrected chi connectivity index (χ3v) is 2.58. The molecule has 1 aliphatic carbocycles. The van der Waals surface area contributed by atoms with Crippen LogP contribution in [0.1, 0.15) is 12.0 Å². The topological polar surface area (TPSA) is 38.9 Å². The standard InChI is InChI=1S/C8H7ClF2N2/c9-6-3-13-2-1-5(6)7(12)4-8(7,10)11/h1-3H,4,12H2. The van der Waals surface area contributed by atoms with Crippen LogP contribution in [0, 0.1) is 0 Å². The third kappa shape index (κ3) is 1.13. The summed E-state index contributed by atoms with van der Waals surface area (Å²) in [5.41, 5.74) is 4.18. The summed E-state index contributed by atoms with van der Waals surface area (Å²) < 4.78 is 25.7. The Morgan fingerprint density at radius 2 is 2.15 bits per heavy atom. The predicted octanol–water partition coefficient (Wildman–Crippen LogP) is 1.93. The van der Waals surface area contributed by atoms with Crippen LogP contribution in [0.15, 0.2) is 18.5 Å². The molecule has 0 aromatic carbocycles. The van der Waals surface area contributed by atoms with Crippen molar-refractivity contribution in [1.82, 2.24) is 4.98 Å². The van der Waals surface area contributed by atoms with Gasteiger partial charge in [0.15, 0.2) is 0 Å². The third-order valence-electron chi connectivity index (χ3n) is 2.28. The maximum absolute atomic E-state index is 12.8. The first-order valence-electron chi connectivity index (χ1n) is 3.74. The van der Waals surface area contributed by atoms with E-state index in [2.05, 4.69) is 4.98 Å². The van der Waals surface area contributed by atoms with E-state index in [1.807, 2.05) is 0 Å². The lowest BCUT2D eigenvalue weighted by Gasteiger charge is -2.11. The number of pyridine rings is 1. The van der Waals surface area contributed by atoms with E-state index in [1.165, 1.54) is 18.5 Å². The second-order valence-corrected chi connectivity index (χ2v) is 3.62. The van der Waals surface area contributed by atoms with Gasteiger partial charge in [-0.25, -0.2) is 8.78 Å². The predicted molar refractivity (Wildman–Crippen MR) is 44.7 cm³/mol. The van der Waals surface area contributed by atoms with Crippen LogP contribution >= 0.6 is 11.6 Å². The minimum atomic E-state index is -2.84. The average Bonchev–Trinajstić information content (AvgIpc) is 2.53.